The summed E-state index contributed by atoms with van der Waals surface area (Å²) in [6.45, 7) is 22.2. The molecule has 1 fully saturated rings. The van der Waals surface area contributed by atoms with Gasteiger partial charge in [0.1, 0.15) is 24.7 Å². The molecule has 2 aromatic rings. The second kappa shape index (κ2) is 30.0. The largest absolute Gasteiger partial charge is 0.445 e. The number of nitrogens with zero attached hydrogens (tertiary/aromatic N) is 3. The molecule has 1 saturated heterocycles. The highest BCUT2D eigenvalue weighted by molar-refractivity contribution is 5.97. The Morgan fingerprint density at radius 1 is 0.800 bits per heavy atom. The molecule has 12 atom stereocenters. The Balaban J connectivity index is 1.72. The summed E-state index contributed by atoms with van der Waals surface area (Å²) in [6, 6.07) is 10.3. The first-order valence-corrected chi connectivity index (χ1v) is 26.3. The van der Waals surface area contributed by atoms with Gasteiger partial charge in [-0.2, -0.15) is 0 Å². The van der Waals surface area contributed by atoms with Crippen molar-refractivity contribution in [2.24, 2.45) is 35.3 Å². The Kier molecular flexibility index (Phi) is 25.4. The van der Waals surface area contributed by atoms with E-state index >= 15 is 0 Å². The summed E-state index contributed by atoms with van der Waals surface area (Å²) in [4.78, 5) is 100. The lowest BCUT2D eigenvalue weighted by Gasteiger charge is -2.41. The van der Waals surface area contributed by atoms with Crippen LogP contribution >= 0.6 is 0 Å². The predicted molar refractivity (Wildman–Crippen MR) is 288 cm³/mol. The third-order valence-electron chi connectivity index (χ3n) is 14.4. The normalized spacial score (nSPS) is 18.0. The van der Waals surface area contributed by atoms with Gasteiger partial charge in [-0.1, -0.05) is 104 Å². The number of hydrogen-bond donors (Lipinski definition) is 6. The number of likely N-dealkylation sites (N-methyl/N-ethyl adjacent to an activating group) is 2. The third kappa shape index (κ3) is 17.3. The fraction of sp³-hybridized carbons (Fsp3) is 0.625. The molecule has 3 rings (SSSR count). The lowest BCUT2D eigenvalue weighted by atomic mass is 9.88. The molecule has 75 heavy (non-hydrogen) atoms. The molecule has 1 heterocycles. The van der Waals surface area contributed by atoms with Crippen LogP contribution in [0, 0.1) is 29.6 Å². The van der Waals surface area contributed by atoms with E-state index in [1.165, 1.54) is 31.1 Å². The van der Waals surface area contributed by atoms with Crippen LogP contribution in [-0.2, 0) is 49.6 Å². The number of likely N-dealkylation sites (tertiary alicyclic amines) is 1. The summed E-state index contributed by atoms with van der Waals surface area (Å²) in [5, 5.41) is 22.2. The van der Waals surface area contributed by atoms with E-state index in [1.807, 2.05) is 52.8 Å². The van der Waals surface area contributed by atoms with Gasteiger partial charge in [-0.15, -0.1) is 6.58 Å². The quantitative estimate of drug-likeness (QED) is 0.0604. The minimum absolute atomic E-state index is 0.0977. The molecule has 19 heteroatoms. The predicted octanol–water partition coefficient (Wildman–Crippen LogP) is 5.17. The maximum Gasteiger partial charge on any atom is 0.410 e. The molecule has 0 bridgehead atoms. The summed E-state index contributed by atoms with van der Waals surface area (Å²) in [6.07, 6.45) is 0.309. The molecular weight excluding hydrogens is 961 g/mol. The maximum atomic E-state index is 14.7. The molecule has 19 nitrogen and oxygen atoms in total. The molecule has 2 aromatic carbocycles. The van der Waals surface area contributed by atoms with Crippen molar-refractivity contribution in [1.29, 1.82) is 0 Å². The van der Waals surface area contributed by atoms with Crippen LogP contribution < -0.4 is 27.0 Å². The number of benzene rings is 2. The van der Waals surface area contributed by atoms with Crippen molar-refractivity contribution in [3.8, 4) is 0 Å². The zero-order valence-electron chi connectivity index (χ0n) is 46.8. The average molecular weight is 1050 g/mol. The summed E-state index contributed by atoms with van der Waals surface area (Å²) in [7, 11) is 6.09. The van der Waals surface area contributed by atoms with Crippen molar-refractivity contribution < 1.29 is 52.9 Å². The molecule has 7 amide bonds. The Hall–Kier alpha value is -5.89. The van der Waals surface area contributed by atoms with E-state index in [9.17, 15) is 38.7 Å². The van der Waals surface area contributed by atoms with Crippen molar-refractivity contribution in [3.63, 3.8) is 0 Å². The van der Waals surface area contributed by atoms with Gasteiger partial charge in [0.15, 0.2) is 0 Å². The van der Waals surface area contributed by atoms with Crippen molar-refractivity contribution in [2.75, 3.05) is 40.2 Å². The highest BCUT2D eigenvalue weighted by atomic mass is 16.6. The Bertz CT molecular complexity index is 2190. The lowest BCUT2D eigenvalue weighted by molar-refractivity contribution is -0.147. The third-order valence-corrected chi connectivity index (χ3v) is 14.4. The number of carbonyl (C=O) groups is 7. The second-order valence-electron chi connectivity index (χ2n) is 20.9. The second-order valence-corrected chi connectivity index (χ2v) is 20.9. The number of carbonyl (C=O) groups excluding carboxylic acids is 7. The van der Waals surface area contributed by atoms with Crippen LogP contribution in [0.4, 0.5) is 10.5 Å². The average Bonchev–Trinajstić information content (AvgIpc) is 3.87. The Morgan fingerprint density at radius 2 is 1.43 bits per heavy atom. The van der Waals surface area contributed by atoms with Gasteiger partial charge in [0.2, 0.25) is 35.4 Å². The van der Waals surface area contributed by atoms with Crippen LogP contribution in [0.1, 0.15) is 112 Å². The SMILES string of the molecule is C=C[C@@H](CC)[C@@H]([C@@H](CC(=O)N1CCC[C@H]1[C@H](OC)[C@@H](C)C(=O)N[C@H](C)[C@@H](O)c1ccccc1)OC)N(C)C(=O)[C@@H](NC(=O)[C@H](C(C)C)N(C)C(=O)OCc1ccc(NC(=O)[C@H](C)NC(=O)[C@@H](N)C(C)C)cc1)C(C)C. The van der Waals surface area contributed by atoms with Gasteiger partial charge in [-0.25, -0.2) is 4.79 Å². The summed E-state index contributed by atoms with van der Waals surface area (Å²) in [5.74, 6) is -4.31. The number of aliphatic hydroxyl groups excluding tert-OH is 1. The molecule has 418 valence electrons. The molecular formula is C56H88N8O11. The van der Waals surface area contributed by atoms with Crippen LogP contribution in [0.3, 0.4) is 0 Å². The molecule has 7 N–H and O–H groups in total. The van der Waals surface area contributed by atoms with Gasteiger partial charge in [0, 0.05) is 40.5 Å². The fourth-order valence-electron chi connectivity index (χ4n) is 9.67. The molecule has 1 aliphatic heterocycles. The maximum absolute atomic E-state index is 14.7. The van der Waals surface area contributed by atoms with Crippen LogP contribution in [0.5, 0.6) is 0 Å². The van der Waals surface area contributed by atoms with E-state index in [0.717, 1.165) is 0 Å². The molecule has 1 aliphatic rings. The smallest absolute Gasteiger partial charge is 0.410 e. The summed E-state index contributed by atoms with van der Waals surface area (Å²) < 4.78 is 17.7. The first-order chi connectivity index (χ1) is 35.3. The van der Waals surface area contributed by atoms with Crippen molar-refractivity contribution >= 4 is 47.2 Å². The zero-order chi connectivity index (χ0) is 56.4. The number of hydrogen-bond acceptors (Lipinski definition) is 12. The van der Waals surface area contributed by atoms with Gasteiger partial charge >= 0.3 is 6.09 Å². The molecule has 0 radical (unpaired) electrons. The number of methoxy groups -OCH3 is 2. The van der Waals surface area contributed by atoms with E-state index in [0.29, 0.717) is 42.6 Å². The molecule has 0 unspecified atom stereocenters. The highest BCUT2D eigenvalue weighted by Gasteiger charge is 2.44. The van der Waals surface area contributed by atoms with Gasteiger partial charge in [-0.05, 0) is 80.0 Å². The minimum Gasteiger partial charge on any atom is -0.445 e. The number of amides is 7. The minimum atomic E-state index is -1.04. The Labute approximate surface area is 445 Å². The number of aliphatic hydroxyl groups is 1. The zero-order valence-corrected chi connectivity index (χ0v) is 46.8. The van der Waals surface area contributed by atoms with Crippen LogP contribution in [0.15, 0.2) is 67.3 Å². The number of nitrogens with two attached hydrogens (primary N) is 1. The molecule has 0 aliphatic carbocycles. The highest BCUT2D eigenvalue weighted by Crippen LogP contribution is 2.31. The van der Waals surface area contributed by atoms with Crippen molar-refractivity contribution in [3.05, 3.63) is 78.4 Å². The van der Waals surface area contributed by atoms with Gasteiger partial charge in [0.05, 0.1) is 54.8 Å². The van der Waals surface area contributed by atoms with E-state index in [2.05, 4.69) is 27.8 Å². The molecule has 0 aromatic heterocycles. The molecule has 0 saturated carbocycles. The topological polar surface area (TPSA) is 251 Å². The number of anilines is 1. The monoisotopic (exact) mass is 1050 g/mol. The van der Waals surface area contributed by atoms with Crippen LogP contribution in [0.25, 0.3) is 0 Å². The van der Waals surface area contributed by atoms with E-state index in [1.54, 1.807) is 89.0 Å². The number of nitrogens with one attached hydrogen (secondary N) is 4. The van der Waals surface area contributed by atoms with E-state index < -0.39 is 108 Å². The van der Waals surface area contributed by atoms with Crippen LogP contribution in [0.2, 0.25) is 0 Å². The number of ether oxygens (including phenoxy) is 3. The number of rotatable bonds is 28. The standard InChI is InChI=1S/C56H88N8O11/c1-16-39(17-2)48(43(73-14)30-44(65)64-29-21-24-42(64)50(74-15)35(9)51(67)58-36(10)49(66)40-22-19-18-20-23-40)62(12)55(71)46(33(5)6)61-54(70)47(34(7)8)63(13)56(72)75-31-38-25-27-41(28-26-38)60-52(68)37(11)59-53(69)45(57)32(3)4/h16,18-20,22-23,25-28,32-37,39,42-43,45-50,66H,1,17,21,24,29-31,57H2,2-15H3,(H,58,67)(H,59,69)(H,60,68)(H,61,70)/t35-,36-,37+,39+,42+,43-,45+,46+,47+,48+,49-,50-/m1/s1. The first-order valence-electron chi connectivity index (χ1n) is 26.3. The van der Waals surface area contributed by atoms with Gasteiger partial charge in [-0.3, -0.25) is 33.7 Å². The van der Waals surface area contributed by atoms with Crippen molar-refractivity contribution in [1.82, 2.24) is 30.7 Å². The first kappa shape index (κ1) is 63.4. The fourth-order valence-corrected chi connectivity index (χ4v) is 9.67. The molecule has 0 spiro atoms. The van der Waals surface area contributed by atoms with Crippen LogP contribution in [-0.4, -0.2) is 151 Å². The summed E-state index contributed by atoms with van der Waals surface area (Å²) >= 11 is 0. The lowest BCUT2D eigenvalue weighted by Crippen LogP contribution is -2.60. The van der Waals surface area contributed by atoms with Gasteiger partial charge in [0.25, 0.3) is 0 Å². The van der Waals surface area contributed by atoms with Crippen molar-refractivity contribution in [2.45, 2.75) is 162 Å². The van der Waals surface area contributed by atoms with Gasteiger partial charge < -0.3 is 56.1 Å². The summed E-state index contributed by atoms with van der Waals surface area (Å²) in [5.41, 5.74) is 7.64. The Morgan fingerprint density at radius 3 is 1.96 bits per heavy atom. The van der Waals surface area contributed by atoms with E-state index in [4.69, 9.17) is 19.9 Å². The van der Waals surface area contributed by atoms with E-state index in [-0.39, 0.29) is 36.7 Å².